The van der Waals surface area contributed by atoms with Crippen LogP contribution in [-0.2, 0) is 6.54 Å². The lowest BCUT2D eigenvalue weighted by atomic mass is 10.3. The van der Waals surface area contributed by atoms with Gasteiger partial charge in [0.25, 0.3) is 0 Å². The lowest BCUT2D eigenvalue weighted by molar-refractivity contribution is 0.698. The molecule has 16 heavy (non-hydrogen) atoms. The highest BCUT2D eigenvalue weighted by Gasteiger charge is 2.05. The minimum Gasteiger partial charge on any atom is -0.318 e. The molecule has 3 heteroatoms. The molecule has 0 saturated carbocycles. The van der Waals surface area contributed by atoms with Crippen LogP contribution in [0.25, 0.3) is 5.69 Å². The molecule has 0 aliphatic heterocycles. The molecule has 2 rings (SSSR count). The van der Waals surface area contributed by atoms with Gasteiger partial charge in [0.1, 0.15) is 0 Å². The lowest BCUT2D eigenvalue weighted by Crippen LogP contribution is -2.14. The van der Waals surface area contributed by atoms with Crippen molar-refractivity contribution in [1.82, 2.24) is 9.88 Å². The molecule has 1 aromatic heterocycles. The van der Waals surface area contributed by atoms with Crippen LogP contribution in [0.1, 0.15) is 12.6 Å². The van der Waals surface area contributed by atoms with Crippen LogP contribution in [0.15, 0.2) is 42.6 Å². The van der Waals surface area contributed by atoms with E-state index in [4.69, 9.17) is 11.6 Å². The third-order valence-electron chi connectivity index (χ3n) is 2.50. The van der Waals surface area contributed by atoms with Crippen LogP contribution < -0.4 is 5.32 Å². The van der Waals surface area contributed by atoms with Crippen molar-refractivity contribution in [2.45, 2.75) is 13.5 Å². The molecule has 84 valence electrons. The summed E-state index contributed by atoms with van der Waals surface area (Å²) >= 11 is 6.18. The van der Waals surface area contributed by atoms with Gasteiger partial charge in [-0.25, -0.2) is 0 Å². The Hall–Kier alpha value is -1.25. The molecule has 0 fully saturated rings. The highest BCUT2D eigenvalue weighted by Crippen LogP contribution is 2.21. The monoisotopic (exact) mass is 234 g/mol. The molecule has 0 atom stereocenters. The van der Waals surface area contributed by atoms with Crippen LogP contribution in [0.4, 0.5) is 0 Å². The van der Waals surface area contributed by atoms with Crippen molar-refractivity contribution in [3.63, 3.8) is 0 Å². The number of para-hydroxylation sites is 1. The van der Waals surface area contributed by atoms with E-state index in [0.29, 0.717) is 0 Å². The summed E-state index contributed by atoms with van der Waals surface area (Å²) in [6.45, 7) is 3.92. The third-order valence-corrected chi connectivity index (χ3v) is 2.82. The van der Waals surface area contributed by atoms with Gasteiger partial charge in [0.2, 0.25) is 0 Å². The Kier molecular flexibility index (Phi) is 3.65. The predicted octanol–water partition coefficient (Wildman–Crippen LogP) is 3.24. The molecular weight excluding hydrogens is 220 g/mol. The van der Waals surface area contributed by atoms with Crippen LogP contribution in [0.3, 0.4) is 0 Å². The fourth-order valence-electron chi connectivity index (χ4n) is 1.70. The van der Waals surface area contributed by atoms with Crippen molar-refractivity contribution in [2.24, 2.45) is 0 Å². The molecule has 0 amide bonds. The first-order valence-corrected chi connectivity index (χ1v) is 5.82. The summed E-state index contributed by atoms with van der Waals surface area (Å²) in [5.41, 5.74) is 2.25. The Balaban J connectivity index is 2.33. The van der Waals surface area contributed by atoms with Gasteiger partial charge < -0.3 is 9.88 Å². The fraction of sp³-hybridized carbons (Fsp3) is 0.231. The maximum Gasteiger partial charge on any atom is 0.0646 e. The molecule has 0 unspecified atom stereocenters. The molecule has 0 radical (unpaired) electrons. The van der Waals surface area contributed by atoms with E-state index in [1.54, 1.807) is 0 Å². The van der Waals surface area contributed by atoms with Crippen LogP contribution in [0, 0.1) is 0 Å². The number of hydrogen-bond donors (Lipinski definition) is 1. The minimum atomic E-state index is 0.774. The summed E-state index contributed by atoms with van der Waals surface area (Å²) in [5, 5.41) is 4.09. The second kappa shape index (κ2) is 5.19. The maximum absolute atomic E-state index is 6.18. The number of nitrogens with zero attached hydrogens (tertiary/aromatic N) is 1. The van der Waals surface area contributed by atoms with Crippen LogP contribution in [-0.4, -0.2) is 11.1 Å². The van der Waals surface area contributed by atoms with Gasteiger partial charge in [0.05, 0.1) is 10.7 Å². The summed E-state index contributed by atoms with van der Waals surface area (Å²) in [6.07, 6.45) is 2.04. The molecule has 0 aliphatic rings. The second-order valence-corrected chi connectivity index (χ2v) is 4.01. The van der Waals surface area contributed by atoms with Crippen molar-refractivity contribution in [3.05, 3.63) is 53.3 Å². The fourth-order valence-corrected chi connectivity index (χ4v) is 1.92. The lowest BCUT2D eigenvalue weighted by Gasteiger charge is -2.11. The van der Waals surface area contributed by atoms with Crippen LogP contribution >= 0.6 is 11.6 Å². The average Bonchev–Trinajstić information content (AvgIpc) is 2.75. The summed E-state index contributed by atoms with van der Waals surface area (Å²) in [5.74, 6) is 0. The van der Waals surface area contributed by atoms with E-state index in [2.05, 4.69) is 22.9 Å². The Labute approximate surface area is 101 Å². The second-order valence-electron chi connectivity index (χ2n) is 3.60. The quantitative estimate of drug-likeness (QED) is 0.860. The first-order valence-electron chi connectivity index (χ1n) is 5.44. The zero-order chi connectivity index (χ0) is 11.4. The summed E-state index contributed by atoms with van der Waals surface area (Å²) in [7, 11) is 0. The number of nitrogens with one attached hydrogen (secondary N) is 1. The van der Waals surface area contributed by atoms with Gasteiger partial charge in [-0.1, -0.05) is 30.7 Å². The Morgan fingerprint density at radius 1 is 1.19 bits per heavy atom. The number of aromatic nitrogens is 1. The Morgan fingerprint density at radius 3 is 2.75 bits per heavy atom. The van der Waals surface area contributed by atoms with Gasteiger partial charge in [-0.2, -0.15) is 0 Å². The number of halogens is 1. The van der Waals surface area contributed by atoms with Crippen molar-refractivity contribution >= 4 is 11.6 Å². The van der Waals surface area contributed by atoms with Crippen molar-refractivity contribution in [2.75, 3.05) is 6.54 Å². The van der Waals surface area contributed by atoms with Crippen LogP contribution in [0.2, 0.25) is 5.02 Å². The smallest absolute Gasteiger partial charge is 0.0646 e. The Morgan fingerprint density at radius 2 is 2.00 bits per heavy atom. The third kappa shape index (κ3) is 2.29. The largest absolute Gasteiger partial charge is 0.318 e. The molecule has 0 aliphatic carbocycles. The van der Waals surface area contributed by atoms with E-state index in [1.807, 2.05) is 36.5 Å². The van der Waals surface area contributed by atoms with Crippen molar-refractivity contribution < 1.29 is 0 Å². The van der Waals surface area contributed by atoms with Crippen LogP contribution in [0.5, 0.6) is 0 Å². The predicted molar refractivity (Wildman–Crippen MR) is 68.2 cm³/mol. The summed E-state index contributed by atoms with van der Waals surface area (Å²) < 4.78 is 2.12. The van der Waals surface area contributed by atoms with Gasteiger partial charge >= 0.3 is 0 Å². The average molecular weight is 235 g/mol. The standard InChI is InChI=1S/C13H15ClN2/c1-2-15-10-11-6-5-9-16(11)13-8-4-3-7-12(13)14/h3-9,15H,2,10H2,1H3. The minimum absolute atomic E-state index is 0.774. The first kappa shape index (κ1) is 11.2. The van der Waals surface area contributed by atoms with E-state index < -0.39 is 0 Å². The van der Waals surface area contributed by atoms with Gasteiger partial charge in [-0.15, -0.1) is 0 Å². The number of hydrogen-bond acceptors (Lipinski definition) is 1. The zero-order valence-electron chi connectivity index (χ0n) is 9.28. The molecular formula is C13H15ClN2. The molecule has 2 aromatic rings. The van der Waals surface area contributed by atoms with E-state index in [1.165, 1.54) is 5.69 Å². The molecule has 1 N–H and O–H groups in total. The normalized spacial score (nSPS) is 10.6. The topological polar surface area (TPSA) is 17.0 Å². The van der Waals surface area contributed by atoms with Gasteiger partial charge in [-0.3, -0.25) is 0 Å². The van der Waals surface area contributed by atoms with Gasteiger partial charge in [-0.05, 0) is 30.8 Å². The number of rotatable bonds is 4. The molecule has 0 spiro atoms. The van der Waals surface area contributed by atoms with E-state index in [9.17, 15) is 0 Å². The summed E-state index contributed by atoms with van der Waals surface area (Å²) in [4.78, 5) is 0. The molecule has 0 bridgehead atoms. The zero-order valence-corrected chi connectivity index (χ0v) is 10.0. The highest BCUT2D eigenvalue weighted by molar-refractivity contribution is 6.32. The SMILES string of the molecule is CCNCc1cccn1-c1ccccc1Cl. The molecule has 1 aromatic carbocycles. The summed E-state index contributed by atoms with van der Waals surface area (Å²) in [6, 6.07) is 12.0. The Bertz CT molecular complexity index is 462. The van der Waals surface area contributed by atoms with Gasteiger partial charge in [0.15, 0.2) is 0 Å². The van der Waals surface area contributed by atoms with E-state index >= 15 is 0 Å². The van der Waals surface area contributed by atoms with E-state index in [-0.39, 0.29) is 0 Å². The first-order chi connectivity index (χ1) is 7.83. The van der Waals surface area contributed by atoms with E-state index in [0.717, 1.165) is 23.8 Å². The van der Waals surface area contributed by atoms with Crippen molar-refractivity contribution in [3.8, 4) is 5.69 Å². The number of benzene rings is 1. The molecule has 1 heterocycles. The van der Waals surface area contributed by atoms with Gasteiger partial charge in [0, 0.05) is 18.4 Å². The molecule has 0 saturated heterocycles. The maximum atomic E-state index is 6.18. The van der Waals surface area contributed by atoms with Crippen molar-refractivity contribution in [1.29, 1.82) is 0 Å². The highest BCUT2D eigenvalue weighted by atomic mass is 35.5. The molecule has 2 nitrogen and oxygen atoms in total.